The fourth-order valence-electron chi connectivity index (χ4n) is 3.13. The fraction of sp³-hybridized carbons (Fsp3) is 1.00. The van der Waals surface area contributed by atoms with Crippen molar-refractivity contribution in [2.24, 2.45) is 5.92 Å². The van der Waals surface area contributed by atoms with Crippen LogP contribution in [-0.4, -0.2) is 60.5 Å². The first kappa shape index (κ1) is 15.2. The molecule has 2 N–H and O–H groups in total. The van der Waals surface area contributed by atoms with E-state index in [1.807, 2.05) is 0 Å². The molecule has 0 aromatic heterocycles. The van der Waals surface area contributed by atoms with Gasteiger partial charge in [0.1, 0.15) is 0 Å². The van der Waals surface area contributed by atoms with Gasteiger partial charge in [-0.1, -0.05) is 6.92 Å². The second-order valence-corrected chi connectivity index (χ2v) is 6.44. The lowest BCUT2D eigenvalue weighted by Crippen LogP contribution is -2.61. The highest BCUT2D eigenvalue weighted by Crippen LogP contribution is 2.40. The fourth-order valence-corrected chi connectivity index (χ4v) is 3.13. The van der Waals surface area contributed by atoms with Crippen molar-refractivity contribution in [1.29, 1.82) is 0 Å². The molecule has 0 bridgehead atoms. The van der Waals surface area contributed by atoms with Gasteiger partial charge in [0.25, 0.3) is 0 Å². The first-order valence-corrected chi connectivity index (χ1v) is 7.83. The number of nitrogens with zero attached hydrogens (tertiary/aromatic N) is 1. The maximum atomic E-state index is 9.98. The van der Waals surface area contributed by atoms with Crippen molar-refractivity contribution >= 4 is 0 Å². The van der Waals surface area contributed by atoms with Crippen molar-refractivity contribution in [2.75, 3.05) is 32.8 Å². The molecule has 2 aliphatic rings. The lowest BCUT2D eigenvalue weighted by Gasteiger charge is -2.44. The number of morpholine rings is 1. The average molecular weight is 270 g/mol. The quantitative estimate of drug-likeness (QED) is 0.730. The van der Waals surface area contributed by atoms with Crippen molar-refractivity contribution in [1.82, 2.24) is 10.2 Å². The van der Waals surface area contributed by atoms with Crippen LogP contribution in [0.5, 0.6) is 0 Å². The molecule has 1 heterocycles. The third-order valence-corrected chi connectivity index (χ3v) is 4.59. The molecular weight excluding hydrogens is 240 g/mol. The second kappa shape index (κ2) is 6.53. The molecule has 112 valence electrons. The van der Waals surface area contributed by atoms with Gasteiger partial charge in [0, 0.05) is 19.1 Å². The Labute approximate surface area is 117 Å². The number of ether oxygens (including phenoxy) is 1. The molecule has 19 heavy (non-hydrogen) atoms. The Balaban J connectivity index is 2.01. The summed E-state index contributed by atoms with van der Waals surface area (Å²) in [6, 6.07) is 0.448. The Kier molecular flexibility index (Phi) is 5.23. The number of aliphatic hydroxyl groups is 1. The third-order valence-electron chi connectivity index (χ3n) is 4.59. The van der Waals surface area contributed by atoms with E-state index >= 15 is 0 Å². The lowest BCUT2D eigenvalue weighted by atomic mass is 9.92. The molecule has 1 aliphatic heterocycles. The van der Waals surface area contributed by atoms with Crippen LogP contribution in [0, 0.1) is 5.92 Å². The zero-order chi connectivity index (χ0) is 13.9. The molecule has 4 nitrogen and oxygen atoms in total. The maximum absolute atomic E-state index is 9.98. The Morgan fingerprint density at radius 3 is 2.68 bits per heavy atom. The van der Waals surface area contributed by atoms with Crippen LogP contribution in [0.3, 0.4) is 0 Å². The number of rotatable bonds is 7. The molecule has 1 saturated carbocycles. The molecule has 1 aliphatic carbocycles. The van der Waals surface area contributed by atoms with E-state index in [0.717, 1.165) is 32.7 Å². The van der Waals surface area contributed by atoms with Crippen LogP contribution in [0.2, 0.25) is 0 Å². The van der Waals surface area contributed by atoms with Gasteiger partial charge in [0.2, 0.25) is 0 Å². The zero-order valence-electron chi connectivity index (χ0n) is 12.7. The van der Waals surface area contributed by atoms with Crippen molar-refractivity contribution in [2.45, 2.75) is 57.7 Å². The Morgan fingerprint density at radius 2 is 2.11 bits per heavy atom. The SMILES string of the molecule is CCCNC(CO)(CN1CC(C)OCC1C)C1CC1. The van der Waals surface area contributed by atoms with Crippen LogP contribution in [0.25, 0.3) is 0 Å². The van der Waals surface area contributed by atoms with Crippen LogP contribution < -0.4 is 5.32 Å². The van der Waals surface area contributed by atoms with Gasteiger partial charge in [-0.05, 0) is 45.6 Å². The van der Waals surface area contributed by atoms with E-state index in [9.17, 15) is 5.11 Å². The topological polar surface area (TPSA) is 44.7 Å². The van der Waals surface area contributed by atoms with Gasteiger partial charge in [-0.2, -0.15) is 0 Å². The van der Waals surface area contributed by atoms with Crippen molar-refractivity contribution in [3.05, 3.63) is 0 Å². The van der Waals surface area contributed by atoms with Gasteiger partial charge in [0.05, 0.1) is 24.9 Å². The van der Waals surface area contributed by atoms with E-state index in [4.69, 9.17) is 4.74 Å². The van der Waals surface area contributed by atoms with Gasteiger partial charge >= 0.3 is 0 Å². The molecule has 2 rings (SSSR count). The minimum atomic E-state index is -0.0959. The minimum Gasteiger partial charge on any atom is -0.394 e. The standard InChI is InChI=1S/C15H30N2O2/c1-4-7-16-15(11-18,14-5-6-14)10-17-8-13(3)19-9-12(17)2/h12-14,16,18H,4-11H2,1-3H3. The van der Waals surface area contributed by atoms with Crippen LogP contribution in [0.4, 0.5) is 0 Å². The van der Waals surface area contributed by atoms with E-state index in [1.54, 1.807) is 0 Å². The van der Waals surface area contributed by atoms with E-state index in [1.165, 1.54) is 12.8 Å². The van der Waals surface area contributed by atoms with Crippen molar-refractivity contribution in [3.63, 3.8) is 0 Å². The summed E-state index contributed by atoms with van der Waals surface area (Å²) >= 11 is 0. The summed E-state index contributed by atoms with van der Waals surface area (Å²) in [7, 11) is 0. The number of hydrogen-bond acceptors (Lipinski definition) is 4. The monoisotopic (exact) mass is 270 g/mol. The van der Waals surface area contributed by atoms with Crippen LogP contribution in [0.15, 0.2) is 0 Å². The largest absolute Gasteiger partial charge is 0.394 e. The molecule has 0 spiro atoms. The van der Waals surface area contributed by atoms with E-state index in [2.05, 4.69) is 31.0 Å². The maximum Gasteiger partial charge on any atom is 0.0674 e. The van der Waals surface area contributed by atoms with E-state index < -0.39 is 0 Å². The van der Waals surface area contributed by atoms with Crippen LogP contribution in [-0.2, 0) is 4.74 Å². The molecule has 0 aromatic rings. The van der Waals surface area contributed by atoms with Gasteiger partial charge in [-0.15, -0.1) is 0 Å². The van der Waals surface area contributed by atoms with Gasteiger partial charge < -0.3 is 15.2 Å². The summed E-state index contributed by atoms with van der Waals surface area (Å²) in [5.74, 6) is 0.648. The highest BCUT2D eigenvalue weighted by molar-refractivity contribution is 5.03. The molecule has 2 fully saturated rings. The minimum absolute atomic E-state index is 0.0959. The molecule has 4 heteroatoms. The normalized spacial score (nSPS) is 32.2. The molecule has 3 atom stereocenters. The Morgan fingerprint density at radius 1 is 1.37 bits per heavy atom. The summed E-state index contributed by atoms with van der Waals surface area (Å²) in [5.41, 5.74) is -0.0959. The number of aliphatic hydroxyl groups excluding tert-OH is 1. The summed E-state index contributed by atoms with van der Waals surface area (Å²) in [6.07, 6.45) is 3.93. The average Bonchev–Trinajstić information content (AvgIpc) is 3.23. The second-order valence-electron chi connectivity index (χ2n) is 6.44. The van der Waals surface area contributed by atoms with Crippen LogP contribution in [0.1, 0.15) is 40.0 Å². The van der Waals surface area contributed by atoms with Gasteiger partial charge in [0.15, 0.2) is 0 Å². The predicted octanol–water partition coefficient (Wildman–Crippen LogP) is 1.24. The Hall–Kier alpha value is -0.160. The highest BCUT2D eigenvalue weighted by atomic mass is 16.5. The van der Waals surface area contributed by atoms with Gasteiger partial charge in [-0.3, -0.25) is 4.90 Å². The van der Waals surface area contributed by atoms with Gasteiger partial charge in [-0.25, -0.2) is 0 Å². The van der Waals surface area contributed by atoms with Crippen molar-refractivity contribution in [3.8, 4) is 0 Å². The van der Waals surface area contributed by atoms with E-state index in [0.29, 0.717) is 18.1 Å². The number of nitrogens with one attached hydrogen (secondary N) is 1. The first-order valence-electron chi connectivity index (χ1n) is 7.83. The molecule has 3 unspecified atom stereocenters. The summed E-state index contributed by atoms with van der Waals surface area (Å²) in [6.45, 7) is 10.5. The smallest absolute Gasteiger partial charge is 0.0674 e. The summed E-state index contributed by atoms with van der Waals surface area (Å²) in [5, 5.41) is 13.6. The number of hydrogen-bond donors (Lipinski definition) is 2. The highest BCUT2D eigenvalue weighted by Gasteiger charge is 2.46. The zero-order valence-corrected chi connectivity index (χ0v) is 12.7. The third kappa shape index (κ3) is 3.69. The summed E-state index contributed by atoms with van der Waals surface area (Å²) in [4.78, 5) is 2.49. The molecule has 1 saturated heterocycles. The Bertz CT molecular complexity index is 283. The molecule has 0 amide bonds. The molecule has 0 aromatic carbocycles. The lowest BCUT2D eigenvalue weighted by molar-refractivity contribution is -0.0640. The molecular formula is C15H30N2O2. The molecule has 0 radical (unpaired) electrons. The van der Waals surface area contributed by atoms with E-state index in [-0.39, 0.29) is 12.1 Å². The van der Waals surface area contributed by atoms with Crippen molar-refractivity contribution < 1.29 is 9.84 Å². The van der Waals surface area contributed by atoms with Crippen LogP contribution >= 0.6 is 0 Å². The predicted molar refractivity (Wildman–Crippen MR) is 77.3 cm³/mol. The first-order chi connectivity index (χ1) is 9.11. The summed E-state index contributed by atoms with van der Waals surface area (Å²) < 4.78 is 5.70.